The zero-order valence-electron chi connectivity index (χ0n) is 20.1. The molecule has 0 spiro atoms. The van der Waals surface area contributed by atoms with Crippen LogP contribution in [0.3, 0.4) is 0 Å². The molecular weight excluding hydrogens is 464 g/mol. The fraction of sp³-hybridized carbons (Fsp3) is 0.407. The normalized spacial score (nSPS) is 20.5. The van der Waals surface area contributed by atoms with E-state index in [9.17, 15) is 9.90 Å². The Morgan fingerprint density at radius 1 is 1.23 bits per heavy atom. The molecule has 2 N–H and O–H groups in total. The van der Waals surface area contributed by atoms with E-state index in [2.05, 4.69) is 33.1 Å². The third-order valence-electron chi connectivity index (χ3n) is 7.25. The summed E-state index contributed by atoms with van der Waals surface area (Å²) in [6.07, 6.45) is 4.48. The summed E-state index contributed by atoms with van der Waals surface area (Å²) in [5, 5.41) is 14.2. The summed E-state index contributed by atoms with van der Waals surface area (Å²) in [7, 11) is 0. The topological polar surface area (TPSA) is 77.9 Å². The number of hydrogen-bond donors (Lipinski definition) is 2. The monoisotopic (exact) mass is 494 g/mol. The van der Waals surface area contributed by atoms with Gasteiger partial charge in [0.25, 0.3) is 0 Å². The maximum atomic E-state index is 12.5. The van der Waals surface area contributed by atoms with Crippen LogP contribution in [0, 0.1) is 12.8 Å². The molecule has 3 heterocycles. The first kappa shape index (κ1) is 23.7. The van der Waals surface area contributed by atoms with Gasteiger partial charge in [-0.15, -0.1) is 0 Å². The van der Waals surface area contributed by atoms with Crippen LogP contribution in [0.1, 0.15) is 31.7 Å². The van der Waals surface area contributed by atoms with Gasteiger partial charge in [0, 0.05) is 47.5 Å². The van der Waals surface area contributed by atoms with Crippen molar-refractivity contribution in [1.82, 2.24) is 9.88 Å². The van der Waals surface area contributed by atoms with Crippen molar-refractivity contribution in [3.63, 3.8) is 0 Å². The Labute approximate surface area is 210 Å². The SMILES string of the molecule is Cc1cc(N2CCC(CN3CCCC3C)C2)ccc1NC(=O)Oc1cnc2cc(Cl)ccc2c1O. The Morgan fingerprint density at radius 2 is 2.09 bits per heavy atom. The minimum absolute atomic E-state index is 0.0120. The van der Waals surface area contributed by atoms with Gasteiger partial charge in [0.15, 0.2) is 11.5 Å². The zero-order valence-corrected chi connectivity index (χ0v) is 20.9. The molecule has 0 saturated carbocycles. The minimum Gasteiger partial charge on any atom is -0.504 e. The van der Waals surface area contributed by atoms with Crippen LogP contribution in [0.4, 0.5) is 16.2 Å². The lowest BCUT2D eigenvalue weighted by molar-refractivity contribution is 0.213. The Bertz CT molecular complexity index is 1250. The summed E-state index contributed by atoms with van der Waals surface area (Å²) < 4.78 is 5.35. The highest BCUT2D eigenvalue weighted by molar-refractivity contribution is 6.31. The van der Waals surface area contributed by atoms with Crippen molar-refractivity contribution in [2.45, 2.75) is 39.2 Å². The lowest BCUT2D eigenvalue weighted by Gasteiger charge is -2.25. The first-order valence-corrected chi connectivity index (χ1v) is 12.6. The van der Waals surface area contributed by atoms with Crippen molar-refractivity contribution in [1.29, 1.82) is 0 Å². The predicted octanol–water partition coefficient (Wildman–Crippen LogP) is 5.82. The van der Waals surface area contributed by atoms with Crippen LogP contribution < -0.4 is 15.0 Å². The van der Waals surface area contributed by atoms with Gasteiger partial charge >= 0.3 is 6.09 Å². The molecule has 2 aliphatic heterocycles. The van der Waals surface area contributed by atoms with Gasteiger partial charge in [0.05, 0.1) is 11.7 Å². The number of aryl methyl sites for hydroxylation is 1. The number of likely N-dealkylation sites (tertiary alicyclic amines) is 1. The van der Waals surface area contributed by atoms with Crippen molar-refractivity contribution in [2.24, 2.45) is 5.92 Å². The van der Waals surface area contributed by atoms with Crippen molar-refractivity contribution in [3.05, 3.63) is 53.2 Å². The van der Waals surface area contributed by atoms with Crippen LogP contribution in [-0.2, 0) is 0 Å². The van der Waals surface area contributed by atoms with Gasteiger partial charge in [-0.05, 0) is 87.5 Å². The van der Waals surface area contributed by atoms with E-state index in [0.717, 1.165) is 18.7 Å². The Kier molecular flexibility index (Phi) is 6.71. The maximum absolute atomic E-state index is 12.5. The molecule has 1 amide bonds. The second-order valence-corrected chi connectivity index (χ2v) is 10.2. The van der Waals surface area contributed by atoms with Gasteiger partial charge in [0.2, 0.25) is 0 Å². The third kappa shape index (κ3) is 5.16. The largest absolute Gasteiger partial charge is 0.504 e. The number of aromatic nitrogens is 1. The molecule has 3 aromatic rings. The van der Waals surface area contributed by atoms with Gasteiger partial charge < -0.3 is 19.6 Å². The smallest absolute Gasteiger partial charge is 0.417 e. The number of fused-ring (bicyclic) bond motifs is 1. The van der Waals surface area contributed by atoms with Crippen LogP contribution in [0.25, 0.3) is 10.9 Å². The standard InChI is InChI=1S/C27H31ClN4O3/c1-17-12-21(32-11-9-19(16-32)15-31-10-3-4-18(31)2)6-8-23(17)30-27(34)35-25-14-29-24-13-20(28)5-7-22(24)26(25)33/h5-8,12-14,18-19H,3-4,9-11,15-16H2,1-2H3,(H,29,33)(H,30,34). The van der Waals surface area contributed by atoms with E-state index in [1.165, 1.54) is 44.2 Å². The summed E-state index contributed by atoms with van der Waals surface area (Å²) in [6.45, 7) is 8.85. The summed E-state index contributed by atoms with van der Waals surface area (Å²) in [4.78, 5) is 21.8. The molecule has 7 nitrogen and oxygen atoms in total. The number of nitrogens with one attached hydrogen (secondary N) is 1. The fourth-order valence-corrected chi connectivity index (χ4v) is 5.41. The highest BCUT2D eigenvalue weighted by atomic mass is 35.5. The lowest BCUT2D eigenvalue weighted by Crippen LogP contribution is -2.33. The average molecular weight is 495 g/mol. The number of rotatable bonds is 5. The van der Waals surface area contributed by atoms with E-state index < -0.39 is 6.09 Å². The molecule has 1 aromatic heterocycles. The van der Waals surface area contributed by atoms with Crippen molar-refractivity contribution in [3.8, 4) is 11.5 Å². The van der Waals surface area contributed by atoms with E-state index >= 15 is 0 Å². The number of hydrogen-bond acceptors (Lipinski definition) is 6. The quantitative estimate of drug-likeness (QED) is 0.465. The molecule has 8 heteroatoms. The van der Waals surface area contributed by atoms with Gasteiger partial charge in [-0.2, -0.15) is 0 Å². The molecule has 2 aliphatic rings. The summed E-state index contributed by atoms with van der Waals surface area (Å²) >= 11 is 5.98. The molecule has 5 rings (SSSR count). The Morgan fingerprint density at radius 3 is 2.86 bits per heavy atom. The number of halogens is 1. The van der Waals surface area contributed by atoms with E-state index in [1.54, 1.807) is 18.2 Å². The van der Waals surface area contributed by atoms with E-state index in [-0.39, 0.29) is 11.5 Å². The van der Waals surface area contributed by atoms with Crippen LogP contribution in [0.5, 0.6) is 11.5 Å². The molecule has 2 aromatic carbocycles. The number of carbonyl (C=O) groups is 1. The highest BCUT2D eigenvalue weighted by Gasteiger charge is 2.28. The van der Waals surface area contributed by atoms with Crippen molar-refractivity contribution >= 4 is 40.0 Å². The van der Waals surface area contributed by atoms with Gasteiger partial charge in [-0.1, -0.05) is 11.6 Å². The Hall–Kier alpha value is -3.03. The number of anilines is 2. The molecule has 0 bridgehead atoms. The molecular formula is C27H31ClN4O3. The van der Waals surface area contributed by atoms with Crippen LogP contribution in [-0.4, -0.2) is 53.3 Å². The second-order valence-electron chi connectivity index (χ2n) is 9.73. The molecule has 2 atom stereocenters. The van der Waals surface area contributed by atoms with E-state index in [1.807, 2.05) is 19.1 Å². The number of benzene rings is 2. The first-order chi connectivity index (χ1) is 16.9. The molecule has 0 radical (unpaired) electrons. The summed E-state index contributed by atoms with van der Waals surface area (Å²) in [5.41, 5.74) is 3.31. The molecule has 2 fully saturated rings. The van der Waals surface area contributed by atoms with Crippen LogP contribution in [0.2, 0.25) is 5.02 Å². The van der Waals surface area contributed by atoms with Crippen molar-refractivity contribution in [2.75, 3.05) is 36.4 Å². The summed E-state index contributed by atoms with van der Waals surface area (Å²) in [5.74, 6) is 0.533. The van der Waals surface area contributed by atoms with Gasteiger partial charge in [-0.25, -0.2) is 4.79 Å². The molecule has 35 heavy (non-hydrogen) atoms. The number of carbonyl (C=O) groups excluding carboxylic acids is 1. The Balaban J connectivity index is 1.21. The molecule has 2 saturated heterocycles. The number of pyridine rings is 1. The number of nitrogens with zero attached hydrogens (tertiary/aromatic N) is 3. The number of amides is 1. The predicted molar refractivity (Wildman–Crippen MR) is 140 cm³/mol. The third-order valence-corrected chi connectivity index (χ3v) is 7.49. The average Bonchev–Trinajstić information content (AvgIpc) is 3.46. The molecule has 184 valence electrons. The highest BCUT2D eigenvalue weighted by Crippen LogP contribution is 2.34. The van der Waals surface area contributed by atoms with Gasteiger partial charge in [-0.3, -0.25) is 10.3 Å². The van der Waals surface area contributed by atoms with Crippen LogP contribution >= 0.6 is 11.6 Å². The van der Waals surface area contributed by atoms with E-state index in [4.69, 9.17) is 16.3 Å². The fourth-order valence-electron chi connectivity index (χ4n) is 5.24. The first-order valence-electron chi connectivity index (χ1n) is 12.2. The maximum Gasteiger partial charge on any atom is 0.417 e. The summed E-state index contributed by atoms with van der Waals surface area (Å²) in [6, 6.07) is 11.7. The van der Waals surface area contributed by atoms with Gasteiger partial charge in [0.1, 0.15) is 0 Å². The number of ether oxygens (including phenoxy) is 1. The zero-order chi connectivity index (χ0) is 24.5. The lowest BCUT2D eigenvalue weighted by atomic mass is 10.1. The molecule has 0 aliphatic carbocycles. The number of aromatic hydroxyl groups is 1. The second kappa shape index (κ2) is 9.91. The minimum atomic E-state index is -0.688. The van der Waals surface area contributed by atoms with E-state index in [0.29, 0.717) is 33.6 Å². The molecule has 2 unspecified atom stereocenters. The van der Waals surface area contributed by atoms with Crippen molar-refractivity contribution < 1.29 is 14.6 Å². The van der Waals surface area contributed by atoms with Crippen LogP contribution in [0.15, 0.2) is 42.6 Å².